The lowest BCUT2D eigenvalue weighted by atomic mass is 9.98. The van der Waals surface area contributed by atoms with E-state index in [-0.39, 0.29) is 12.7 Å². The number of anilines is 2. The number of nitrogens with one attached hydrogen (secondary N) is 2. The fourth-order valence-corrected chi connectivity index (χ4v) is 2.27. The van der Waals surface area contributed by atoms with Crippen molar-refractivity contribution in [2.75, 3.05) is 17.7 Å². The summed E-state index contributed by atoms with van der Waals surface area (Å²) in [5, 5.41) is 10.7. The van der Waals surface area contributed by atoms with Crippen LogP contribution in [-0.2, 0) is 16.3 Å². The number of carbonyl (C=O) groups excluding carboxylic acids is 1. The van der Waals surface area contributed by atoms with Crippen molar-refractivity contribution in [1.82, 2.24) is 9.78 Å². The van der Waals surface area contributed by atoms with Gasteiger partial charge in [0.2, 0.25) is 0 Å². The third-order valence-electron chi connectivity index (χ3n) is 3.43. The van der Waals surface area contributed by atoms with Crippen molar-refractivity contribution in [3.05, 3.63) is 36.2 Å². The highest BCUT2D eigenvalue weighted by atomic mass is 32.1. The number of hydrogen-bond donors (Lipinski definition) is 2. The van der Waals surface area contributed by atoms with E-state index in [9.17, 15) is 4.79 Å². The molecule has 7 nitrogen and oxygen atoms in total. The lowest BCUT2D eigenvalue weighted by Crippen LogP contribution is -2.24. The number of methoxy groups -OCH3 is 1. The Morgan fingerprint density at radius 1 is 1.31 bits per heavy atom. The van der Waals surface area contributed by atoms with Crippen LogP contribution >= 0.6 is 12.2 Å². The Kier molecular flexibility index (Phi) is 6.20. The van der Waals surface area contributed by atoms with Crippen molar-refractivity contribution >= 4 is 34.7 Å². The first-order valence-corrected chi connectivity index (χ1v) is 8.52. The number of rotatable bonds is 5. The van der Waals surface area contributed by atoms with Gasteiger partial charge >= 0.3 is 5.97 Å². The third kappa shape index (κ3) is 5.45. The lowest BCUT2D eigenvalue weighted by Gasteiger charge is -2.16. The van der Waals surface area contributed by atoms with E-state index >= 15 is 0 Å². The molecule has 0 atom stereocenters. The first-order chi connectivity index (χ1) is 12.2. The number of ether oxygens (including phenoxy) is 2. The van der Waals surface area contributed by atoms with E-state index in [4.69, 9.17) is 21.7 Å². The minimum Gasteiger partial charge on any atom is -0.495 e. The summed E-state index contributed by atoms with van der Waals surface area (Å²) < 4.78 is 12.1. The summed E-state index contributed by atoms with van der Waals surface area (Å²) in [7, 11) is 1.61. The molecule has 0 radical (unpaired) electrons. The molecule has 0 fully saturated rings. The zero-order valence-electron chi connectivity index (χ0n) is 15.6. The number of benzene rings is 1. The largest absolute Gasteiger partial charge is 0.495 e. The Labute approximate surface area is 158 Å². The van der Waals surface area contributed by atoms with Crippen LogP contribution in [0, 0.1) is 12.3 Å². The molecule has 0 saturated carbocycles. The van der Waals surface area contributed by atoms with Gasteiger partial charge in [-0.25, -0.2) is 4.68 Å². The maximum absolute atomic E-state index is 11.8. The number of esters is 1. The molecule has 0 amide bonds. The summed E-state index contributed by atoms with van der Waals surface area (Å²) in [5.41, 5.74) is 1.99. The monoisotopic (exact) mass is 376 g/mol. The summed E-state index contributed by atoms with van der Waals surface area (Å²) in [6, 6.07) is 5.79. The average molecular weight is 376 g/mol. The second-order valence-electron chi connectivity index (χ2n) is 6.86. The number of thiocarbonyl (C=S) groups is 1. The maximum Gasteiger partial charge on any atom is 0.313 e. The molecule has 0 unspecified atom stereocenters. The molecule has 0 saturated heterocycles. The van der Waals surface area contributed by atoms with E-state index in [1.54, 1.807) is 40.3 Å². The molecule has 2 aromatic rings. The van der Waals surface area contributed by atoms with Crippen molar-refractivity contribution in [3.8, 4) is 5.75 Å². The molecule has 26 heavy (non-hydrogen) atoms. The van der Waals surface area contributed by atoms with Gasteiger partial charge in [-0.1, -0.05) is 6.07 Å². The number of nitrogens with zero attached hydrogens (tertiary/aromatic N) is 2. The van der Waals surface area contributed by atoms with Crippen molar-refractivity contribution < 1.29 is 14.3 Å². The average Bonchev–Trinajstić information content (AvgIpc) is 2.99. The van der Waals surface area contributed by atoms with Crippen LogP contribution < -0.4 is 15.4 Å². The zero-order valence-corrected chi connectivity index (χ0v) is 16.4. The van der Waals surface area contributed by atoms with Gasteiger partial charge in [-0.05, 0) is 57.6 Å². The zero-order chi connectivity index (χ0) is 19.3. The molecule has 2 N–H and O–H groups in total. The molecule has 140 valence electrons. The van der Waals surface area contributed by atoms with Crippen molar-refractivity contribution in [3.63, 3.8) is 0 Å². The van der Waals surface area contributed by atoms with Crippen LogP contribution in [0.3, 0.4) is 0 Å². The van der Waals surface area contributed by atoms with Gasteiger partial charge in [-0.15, -0.1) is 0 Å². The van der Waals surface area contributed by atoms with E-state index < -0.39 is 5.41 Å². The van der Waals surface area contributed by atoms with E-state index in [0.717, 1.165) is 11.3 Å². The molecule has 0 aliphatic rings. The van der Waals surface area contributed by atoms with E-state index in [1.165, 1.54) is 4.68 Å². The fraction of sp³-hybridized carbons (Fsp3) is 0.389. The molecule has 8 heteroatoms. The third-order valence-corrected chi connectivity index (χ3v) is 3.64. The van der Waals surface area contributed by atoms with E-state index in [0.29, 0.717) is 16.5 Å². The highest BCUT2D eigenvalue weighted by Gasteiger charge is 2.23. The predicted octanol–water partition coefficient (Wildman–Crippen LogP) is 3.56. The Bertz CT molecular complexity index is 796. The van der Waals surface area contributed by atoms with Crippen LogP contribution in [-0.4, -0.2) is 28.0 Å². The highest BCUT2D eigenvalue weighted by molar-refractivity contribution is 7.80. The summed E-state index contributed by atoms with van der Waals surface area (Å²) in [6.07, 6.45) is 3.31. The Morgan fingerprint density at radius 3 is 2.69 bits per heavy atom. The maximum atomic E-state index is 11.8. The number of carbonyl (C=O) groups is 1. The summed E-state index contributed by atoms with van der Waals surface area (Å²) in [5.74, 6) is 0.413. The number of aryl methyl sites for hydroxylation is 1. The molecule has 1 aromatic heterocycles. The van der Waals surface area contributed by atoms with Crippen LogP contribution in [0.5, 0.6) is 5.75 Å². The fourth-order valence-electron chi connectivity index (χ4n) is 2.04. The normalized spacial score (nSPS) is 11.0. The van der Waals surface area contributed by atoms with Gasteiger partial charge in [0.1, 0.15) is 5.75 Å². The Hall–Kier alpha value is -2.61. The van der Waals surface area contributed by atoms with Gasteiger partial charge in [0, 0.05) is 0 Å². The van der Waals surface area contributed by atoms with E-state index in [1.807, 2.05) is 25.1 Å². The van der Waals surface area contributed by atoms with Gasteiger partial charge in [-0.3, -0.25) is 4.79 Å². The van der Waals surface area contributed by atoms with Crippen LogP contribution in [0.2, 0.25) is 0 Å². The molecule has 0 aliphatic heterocycles. The summed E-state index contributed by atoms with van der Waals surface area (Å²) in [6.45, 7) is 7.44. The molecule has 2 rings (SSSR count). The van der Waals surface area contributed by atoms with E-state index in [2.05, 4.69) is 15.7 Å². The summed E-state index contributed by atoms with van der Waals surface area (Å²) in [4.78, 5) is 11.8. The second kappa shape index (κ2) is 8.18. The highest BCUT2D eigenvalue weighted by Crippen LogP contribution is 2.25. The van der Waals surface area contributed by atoms with Crippen LogP contribution in [0.4, 0.5) is 11.4 Å². The van der Waals surface area contributed by atoms with Crippen molar-refractivity contribution in [2.45, 2.75) is 34.4 Å². The van der Waals surface area contributed by atoms with Gasteiger partial charge in [0.15, 0.2) is 11.8 Å². The van der Waals surface area contributed by atoms with Crippen molar-refractivity contribution in [2.24, 2.45) is 5.41 Å². The second-order valence-corrected chi connectivity index (χ2v) is 7.27. The molecule has 1 aromatic carbocycles. The standard InChI is InChI=1S/C18H24N4O3S/c1-12-6-7-15(24-5)14(8-12)21-17(26)20-13-9-19-22(10-13)11-25-16(23)18(2,3)4/h6-10H,11H2,1-5H3,(H2,20,21,26). The lowest BCUT2D eigenvalue weighted by molar-refractivity contribution is -0.157. The first-order valence-electron chi connectivity index (χ1n) is 8.11. The summed E-state index contributed by atoms with van der Waals surface area (Å²) >= 11 is 5.33. The smallest absolute Gasteiger partial charge is 0.313 e. The van der Waals surface area contributed by atoms with Crippen molar-refractivity contribution in [1.29, 1.82) is 0 Å². The first kappa shape index (κ1) is 19.7. The quantitative estimate of drug-likeness (QED) is 0.610. The number of aromatic nitrogens is 2. The molecule has 0 spiro atoms. The van der Waals surface area contributed by atoms with Gasteiger partial charge in [0.05, 0.1) is 36.3 Å². The Morgan fingerprint density at radius 2 is 2.04 bits per heavy atom. The van der Waals surface area contributed by atoms with Gasteiger partial charge < -0.3 is 20.1 Å². The molecule has 0 bridgehead atoms. The minimum absolute atomic E-state index is 0.0453. The predicted molar refractivity (Wildman–Crippen MR) is 105 cm³/mol. The molecule has 1 heterocycles. The SMILES string of the molecule is COc1ccc(C)cc1NC(=S)Nc1cnn(COC(=O)C(C)(C)C)c1. The topological polar surface area (TPSA) is 77.4 Å². The number of hydrogen-bond acceptors (Lipinski definition) is 5. The van der Waals surface area contributed by atoms with Gasteiger partial charge in [-0.2, -0.15) is 5.10 Å². The minimum atomic E-state index is -0.549. The van der Waals surface area contributed by atoms with Crippen LogP contribution in [0.25, 0.3) is 0 Å². The van der Waals surface area contributed by atoms with Crippen LogP contribution in [0.1, 0.15) is 26.3 Å². The van der Waals surface area contributed by atoms with Crippen LogP contribution in [0.15, 0.2) is 30.6 Å². The molecule has 0 aliphatic carbocycles. The molecular weight excluding hydrogens is 352 g/mol. The molecular formula is C18H24N4O3S. The Balaban J connectivity index is 1.93. The van der Waals surface area contributed by atoms with Gasteiger partial charge in [0.25, 0.3) is 0 Å².